The Morgan fingerprint density at radius 3 is 3.00 bits per heavy atom. The van der Waals surface area contributed by atoms with Crippen LogP contribution < -0.4 is 10.4 Å². The van der Waals surface area contributed by atoms with Gasteiger partial charge in [0.05, 0.1) is 0 Å². The molecule has 0 aromatic heterocycles. The van der Waals surface area contributed by atoms with E-state index in [9.17, 15) is 0 Å². The molecular formula is C9H6BrI. The molecule has 0 fully saturated rings. The van der Waals surface area contributed by atoms with Crippen LogP contribution in [0.5, 0.6) is 0 Å². The molecule has 0 radical (unpaired) electrons. The van der Waals surface area contributed by atoms with Crippen molar-refractivity contribution >= 4 is 50.8 Å². The summed E-state index contributed by atoms with van der Waals surface area (Å²) >= 11 is 3.65. The van der Waals surface area contributed by atoms with E-state index in [1.807, 2.05) is 0 Å². The van der Waals surface area contributed by atoms with Gasteiger partial charge in [-0.05, 0) is 36.7 Å². The predicted octanol–water partition coefficient (Wildman–Crippen LogP) is 1.75. The second kappa shape index (κ2) is 3.19. The smallest absolute Gasteiger partial charge is 0.0181 e. The monoisotopic (exact) mass is 320 g/mol. The Kier molecular flexibility index (Phi) is 2.23. The average Bonchev–Trinajstić information content (AvgIpc) is 2.04. The van der Waals surface area contributed by atoms with Gasteiger partial charge < -0.3 is 0 Å². The first-order valence-corrected chi connectivity index (χ1v) is 6.56. The van der Waals surface area contributed by atoms with E-state index in [1.165, 1.54) is 14.9 Å². The number of rotatable bonds is 0. The molecule has 1 aromatic carbocycles. The Hall–Kier alpha value is 0.0400. The lowest BCUT2D eigenvalue weighted by Crippen LogP contribution is -2.24. The molecule has 11 heavy (non-hydrogen) atoms. The Balaban J connectivity index is 2.86. The van der Waals surface area contributed by atoms with Crippen LogP contribution in [0, 0.1) is 0 Å². The lowest BCUT2D eigenvalue weighted by atomic mass is 10.2. The molecule has 1 heterocycles. The third kappa shape index (κ3) is 1.62. The maximum atomic E-state index is 3.46. The van der Waals surface area contributed by atoms with E-state index in [-0.39, 0.29) is 20.7 Å². The summed E-state index contributed by atoms with van der Waals surface area (Å²) in [7, 11) is 0. The van der Waals surface area contributed by atoms with Crippen molar-refractivity contribution in [3.05, 3.63) is 33.1 Å². The first-order valence-electron chi connectivity index (χ1n) is 3.27. The zero-order valence-electron chi connectivity index (χ0n) is 5.72. The van der Waals surface area contributed by atoms with Crippen molar-refractivity contribution in [2.24, 2.45) is 0 Å². The fourth-order valence-corrected chi connectivity index (χ4v) is 3.11. The van der Waals surface area contributed by atoms with Crippen LogP contribution in [0.4, 0.5) is 0 Å². The molecule has 0 nitrogen and oxygen atoms in total. The average molecular weight is 321 g/mol. The maximum Gasteiger partial charge on any atom is 0.0181 e. The van der Waals surface area contributed by atoms with Gasteiger partial charge in [0.15, 0.2) is 0 Å². The van der Waals surface area contributed by atoms with E-state index >= 15 is 0 Å². The van der Waals surface area contributed by atoms with E-state index < -0.39 is 0 Å². The molecule has 0 amide bonds. The third-order valence-electron chi connectivity index (χ3n) is 1.54. The van der Waals surface area contributed by atoms with Crippen LogP contribution in [0.15, 0.2) is 22.7 Å². The molecule has 1 aliphatic heterocycles. The highest BCUT2D eigenvalue weighted by molar-refractivity contribution is 14.2. The summed E-state index contributed by atoms with van der Waals surface area (Å²) in [5, 5.41) is 2.73. The van der Waals surface area contributed by atoms with Gasteiger partial charge >= 0.3 is 0 Å². The lowest BCUT2D eigenvalue weighted by Gasteiger charge is -1.93. The molecule has 2 heteroatoms. The normalized spacial score (nSPS) is 13.9. The molecule has 0 aliphatic carbocycles. The first-order chi connectivity index (χ1) is 5.36. The van der Waals surface area contributed by atoms with Crippen LogP contribution in [0.1, 0.15) is 0 Å². The van der Waals surface area contributed by atoms with Crippen molar-refractivity contribution < 1.29 is 0 Å². The van der Waals surface area contributed by atoms with Crippen molar-refractivity contribution in [1.29, 1.82) is 0 Å². The van der Waals surface area contributed by atoms with E-state index in [0.717, 1.165) is 0 Å². The molecule has 0 unspecified atom stereocenters. The van der Waals surface area contributed by atoms with E-state index in [0.29, 0.717) is 0 Å². The highest BCUT2D eigenvalue weighted by Crippen LogP contribution is 2.04. The number of hydrogen-bond donors (Lipinski definition) is 0. The summed E-state index contributed by atoms with van der Waals surface area (Å²) in [6.07, 6.45) is 2.22. The van der Waals surface area contributed by atoms with Gasteiger partial charge in [-0.15, -0.1) is 0 Å². The van der Waals surface area contributed by atoms with Crippen LogP contribution in [0.25, 0.3) is 10.2 Å². The molecule has 0 spiro atoms. The molecule has 1 aromatic rings. The van der Waals surface area contributed by atoms with E-state index in [4.69, 9.17) is 0 Å². The molecule has 0 saturated heterocycles. The fourth-order valence-electron chi connectivity index (χ4n) is 1.00. The van der Waals surface area contributed by atoms with Gasteiger partial charge in [0.1, 0.15) is 0 Å². The van der Waals surface area contributed by atoms with Gasteiger partial charge in [0, 0.05) is 4.47 Å². The molecule has 0 atom stereocenters. The minimum atomic E-state index is 0.187. The minimum Gasteiger partial charge on any atom is -0.0931 e. The second-order valence-electron chi connectivity index (χ2n) is 2.30. The number of benzene rings is 1. The van der Waals surface area contributed by atoms with Crippen LogP contribution in [0.3, 0.4) is 0 Å². The molecule has 1 aliphatic rings. The number of halogens is 2. The van der Waals surface area contributed by atoms with Crippen molar-refractivity contribution in [1.82, 2.24) is 0 Å². The zero-order chi connectivity index (χ0) is 7.68. The van der Waals surface area contributed by atoms with Gasteiger partial charge in [-0.25, -0.2) is 0 Å². The number of fused-ring (bicyclic) bond motifs is 1. The van der Waals surface area contributed by atoms with Crippen LogP contribution in [-0.4, -0.2) is 4.01 Å². The molecular weight excluding hydrogens is 315 g/mol. The minimum absolute atomic E-state index is 0.187. The highest BCUT2D eigenvalue weighted by atomic mass is 127. The van der Waals surface area contributed by atoms with Crippen molar-refractivity contribution in [3.8, 4) is 0 Å². The summed E-state index contributed by atoms with van der Waals surface area (Å²) in [5.41, 5.74) is 0. The molecule has 0 N–H and O–H groups in total. The second-order valence-corrected chi connectivity index (χ2v) is 5.28. The van der Waals surface area contributed by atoms with Crippen LogP contribution >= 0.6 is 36.7 Å². The van der Waals surface area contributed by atoms with Gasteiger partial charge in [-0.1, -0.05) is 42.7 Å². The van der Waals surface area contributed by atoms with Gasteiger partial charge in [0.25, 0.3) is 0 Å². The lowest BCUT2D eigenvalue weighted by molar-refractivity contribution is 1.51. The maximum absolute atomic E-state index is 3.46. The third-order valence-corrected chi connectivity index (χ3v) is 3.84. The van der Waals surface area contributed by atoms with Crippen molar-refractivity contribution in [3.63, 3.8) is 0 Å². The predicted molar refractivity (Wildman–Crippen MR) is 62.4 cm³/mol. The van der Waals surface area contributed by atoms with E-state index in [2.05, 4.69) is 48.3 Å². The standard InChI is InChI=1S/C9H6BrI/c10-9-2-1-7-3-4-11-6-8(7)5-9/h1-6H. The Bertz CT molecular complexity index is 418. The molecule has 0 saturated carbocycles. The Labute approximate surface area is 83.5 Å². The summed E-state index contributed by atoms with van der Waals surface area (Å²) in [6.45, 7) is 0. The van der Waals surface area contributed by atoms with Gasteiger partial charge in [0.2, 0.25) is 0 Å². The highest BCUT2D eigenvalue weighted by Gasteiger charge is 1.89. The SMILES string of the molecule is Brc1ccc2c(c1)=CI=CC=2. The Morgan fingerprint density at radius 1 is 1.18 bits per heavy atom. The zero-order valence-corrected chi connectivity index (χ0v) is 9.46. The largest absolute Gasteiger partial charge is 0.0931 e. The molecule has 0 bridgehead atoms. The summed E-state index contributed by atoms with van der Waals surface area (Å²) in [4.78, 5) is 0. The van der Waals surface area contributed by atoms with Crippen LogP contribution in [0.2, 0.25) is 0 Å². The quantitative estimate of drug-likeness (QED) is 0.639. The van der Waals surface area contributed by atoms with Gasteiger partial charge in [-0.3, -0.25) is 0 Å². The van der Waals surface area contributed by atoms with E-state index in [1.54, 1.807) is 0 Å². The fraction of sp³-hybridized carbons (Fsp3) is 0. The van der Waals surface area contributed by atoms with Crippen molar-refractivity contribution in [2.75, 3.05) is 0 Å². The topological polar surface area (TPSA) is 0 Å². The number of hydrogen-bond acceptors (Lipinski definition) is 0. The van der Waals surface area contributed by atoms with Gasteiger partial charge in [-0.2, -0.15) is 0 Å². The van der Waals surface area contributed by atoms with Crippen LogP contribution in [-0.2, 0) is 0 Å². The summed E-state index contributed by atoms with van der Waals surface area (Å²) in [6, 6.07) is 6.41. The molecule has 2 rings (SSSR count). The Morgan fingerprint density at radius 2 is 2.09 bits per heavy atom. The molecule has 56 valence electrons. The van der Waals surface area contributed by atoms with Crippen molar-refractivity contribution in [2.45, 2.75) is 0 Å². The summed E-state index contributed by atoms with van der Waals surface area (Å²) in [5.74, 6) is 0. The summed E-state index contributed by atoms with van der Waals surface area (Å²) < 4.78 is 5.81. The first kappa shape index (κ1) is 7.68.